The average molecular weight is 416 g/mol. The number of hydrogen-bond donors (Lipinski definition) is 1. The van der Waals surface area contributed by atoms with Crippen molar-refractivity contribution < 1.29 is 4.79 Å². The second-order valence-electron chi connectivity index (χ2n) is 6.64. The average Bonchev–Trinajstić information content (AvgIpc) is 3.21. The van der Waals surface area contributed by atoms with Gasteiger partial charge in [-0.1, -0.05) is 60.3 Å². The van der Waals surface area contributed by atoms with Gasteiger partial charge in [0.2, 0.25) is 5.91 Å². The molecule has 6 nitrogen and oxygen atoms in total. The van der Waals surface area contributed by atoms with E-state index in [-0.39, 0.29) is 11.7 Å². The topological polar surface area (TPSA) is 72.7 Å². The fourth-order valence-corrected chi connectivity index (χ4v) is 3.80. The van der Waals surface area contributed by atoms with Gasteiger partial charge < -0.3 is 9.88 Å². The van der Waals surface area contributed by atoms with Crippen molar-refractivity contribution in [3.05, 3.63) is 90.8 Å². The van der Waals surface area contributed by atoms with Crippen molar-refractivity contribution in [1.29, 1.82) is 0 Å². The summed E-state index contributed by atoms with van der Waals surface area (Å²) in [5, 5.41) is 12.3. The van der Waals surface area contributed by atoms with Crippen LogP contribution in [0.25, 0.3) is 11.4 Å². The Labute approximate surface area is 179 Å². The van der Waals surface area contributed by atoms with Crippen LogP contribution < -0.4 is 5.32 Å². The molecule has 0 saturated carbocycles. The quantitative estimate of drug-likeness (QED) is 0.434. The van der Waals surface area contributed by atoms with Crippen LogP contribution in [-0.4, -0.2) is 31.4 Å². The van der Waals surface area contributed by atoms with Gasteiger partial charge in [-0.3, -0.25) is 9.78 Å². The Hall–Kier alpha value is -3.45. The standard InChI is InChI=1S/C23H21N5OS/c29-21(25-20-11-5-2-6-12-20)17-30-23-27-26-22(19-10-7-14-24-16-19)28(23)15-13-18-8-3-1-4-9-18/h1-12,14,16H,13,15,17H2,(H,25,29). The molecular weight excluding hydrogens is 394 g/mol. The molecule has 0 fully saturated rings. The highest BCUT2D eigenvalue weighted by Crippen LogP contribution is 2.24. The minimum Gasteiger partial charge on any atom is -0.325 e. The second-order valence-corrected chi connectivity index (χ2v) is 7.58. The minimum absolute atomic E-state index is 0.0771. The number of hydrogen-bond acceptors (Lipinski definition) is 5. The van der Waals surface area contributed by atoms with Crippen LogP contribution in [-0.2, 0) is 17.8 Å². The van der Waals surface area contributed by atoms with Crippen molar-refractivity contribution in [3.63, 3.8) is 0 Å². The van der Waals surface area contributed by atoms with E-state index in [9.17, 15) is 4.79 Å². The maximum atomic E-state index is 12.4. The maximum absolute atomic E-state index is 12.4. The molecule has 2 aromatic heterocycles. The van der Waals surface area contributed by atoms with Gasteiger partial charge in [-0.2, -0.15) is 0 Å². The minimum atomic E-state index is -0.0771. The number of amides is 1. The summed E-state index contributed by atoms with van der Waals surface area (Å²) in [6, 6.07) is 23.6. The zero-order chi connectivity index (χ0) is 20.6. The van der Waals surface area contributed by atoms with Crippen LogP contribution >= 0.6 is 11.8 Å². The summed E-state index contributed by atoms with van der Waals surface area (Å²) in [6.07, 6.45) is 4.35. The smallest absolute Gasteiger partial charge is 0.234 e. The van der Waals surface area contributed by atoms with E-state index in [1.165, 1.54) is 17.3 Å². The molecular formula is C23H21N5OS. The molecule has 0 aliphatic carbocycles. The summed E-state index contributed by atoms with van der Waals surface area (Å²) in [6.45, 7) is 0.712. The van der Waals surface area contributed by atoms with Crippen molar-refractivity contribution in [2.24, 2.45) is 0 Å². The van der Waals surface area contributed by atoms with Gasteiger partial charge in [0.1, 0.15) is 0 Å². The fourth-order valence-electron chi connectivity index (χ4n) is 3.04. The monoisotopic (exact) mass is 415 g/mol. The van der Waals surface area contributed by atoms with Gasteiger partial charge in [0, 0.05) is 30.2 Å². The molecule has 0 unspecified atom stereocenters. The highest BCUT2D eigenvalue weighted by Gasteiger charge is 2.16. The number of para-hydroxylation sites is 1. The number of aryl methyl sites for hydroxylation is 1. The Balaban J connectivity index is 1.50. The molecule has 7 heteroatoms. The number of aromatic nitrogens is 4. The molecule has 150 valence electrons. The highest BCUT2D eigenvalue weighted by molar-refractivity contribution is 7.99. The Kier molecular flexibility index (Phi) is 6.51. The van der Waals surface area contributed by atoms with Crippen molar-refractivity contribution in [1.82, 2.24) is 19.7 Å². The zero-order valence-corrected chi connectivity index (χ0v) is 17.1. The van der Waals surface area contributed by atoms with E-state index in [4.69, 9.17) is 0 Å². The van der Waals surface area contributed by atoms with Crippen LogP contribution in [0.5, 0.6) is 0 Å². The first-order valence-corrected chi connectivity index (χ1v) is 10.6. The van der Waals surface area contributed by atoms with Crippen LogP contribution in [0.1, 0.15) is 5.56 Å². The van der Waals surface area contributed by atoms with E-state index in [0.717, 1.165) is 23.5 Å². The number of anilines is 1. The Bertz CT molecular complexity index is 1080. The largest absolute Gasteiger partial charge is 0.325 e. The first-order valence-electron chi connectivity index (χ1n) is 9.65. The molecule has 2 aromatic carbocycles. The number of carbonyl (C=O) groups is 1. The number of rotatable bonds is 8. The van der Waals surface area contributed by atoms with Crippen molar-refractivity contribution in [3.8, 4) is 11.4 Å². The lowest BCUT2D eigenvalue weighted by molar-refractivity contribution is -0.113. The van der Waals surface area contributed by atoms with Crippen molar-refractivity contribution in [2.45, 2.75) is 18.1 Å². The number of carbonyl (C=O) groups excluding carboxylic acids is 1. The summed E-state index contributed by atoms with van der Waals surface area (Å²) in [7, 11) is 0. The molecule has 0 bridgehead atoms. The van der Waals surface area contributed by atoms with Gasteiger partial charge in [-0.25, -0.2) is 0 Å². The summed E-state index contributed by atoms with van der Waals surface area (Å²) >= 11 is 1.38. The van der Waals surface area contributed by atoms with Crippen LogP contribution in [0.15, 0.2) is 90.3 Å². The van der Waals surface area contributed by atoms with E-state index < -0.39 is 0 Å². The first kappa shape index (κ1) is 19.8. The third-order valence-electron chi connectivity index (χ3n) is 4.49. The summed E-state index contributed by atoms with van der Waals surface area (Å²) in [5.41, 5.74) is 2.92. The second kappa shape index (κ2) is 9.84. The van der Waals surface area contributed by atoms with Gasteiger partial charge in [0.25, 0.3) is 0 Å². The lowest BCUT2D eigenvalue weighted by Gasteiger charge is -2.10. The molecule has 0 aliphatic heterocycles. The van der Waals surface area contributed by atoms with Gasteiger partial charge in [0.15, 0.2) is 11.0 Å². The predicted molar refractivity (Wildman–Crippen MR) is 119 cm³/mol. The van der Waals surface area contributed by atoms with E-state index in [1.54, 1.807) is 12.4 Å². The van der Waals surface area contributed by atoms with Gasteiger partial charge in [-0.15, -0.1) is 10.2 Å². The highest BCUT2D eigenvalue weighted by atomic mass is 32.2. The Morgan fingerprint density at radius 1 is 0.933 bits per heavy atom. The molecule has 2 heterocycles. The number of pyridine rings is 1. The zero-order valence-electron chi connectivity index (χ0n) is 16.3. The summed E-state index contributed by atoms with van der Waals surface area (Å²) in [4.78, 5) is 16.6. The van der Waals surface area contributed by atoms with Crippen LogP contribution in [0.4, 0.5) is 5.69 Å². The fraction of sp³-hybridized carbons (Fsp3) is 0.130. The molecule has 4 aromatic rings. The number of nitrogens with zero attached hydrogens (tertiary/aromatic N) is 4. The van der Waals surface area contributed by atoms with E-state index in [0.29, 0.717) is 11.7 Å². The normalized spacial score (nSPS) is 10.7. The summed E-state index contributed by atoms with van der Waals surface area (Å²) < 4.78 is 2.06. The molecule has 4 rings (SSSR count). The number of benzene rings is 2. The SMILES string of the molecule is O=C(CSc1nnc(-c2cccnc2)n1CCc1ccccc1)Nc1ccccc1. The molecule has 0 atom stereocenters. The van der Waals surface area contributed by atoms with Crippen LogP contribution in [0.2, 0.25) is 0 Å². The predicted octanol–water partition coefficient (Wildman–Crippen LogP) is 4.31. The van der Waals surface area contributed by atoms with Crippen molar-refractivity contribution in [2.75, 3.05) is 11.1 Å². The van der Waals surface area contributed by atoms with E-state index >= 15 is 0 Å². The third-order valence-corrected chi connectivity index (χ3v) is 5.46. The lowest BCUT2D eigenvalue weighted by atomic mass is 10.1. The van der Waals surface area contributed by atoms with E-state index in [1.807, 2.05) is 60.7 Å². The number of thioether (sulfide) groups is 1. The first-order chi connectivity index (χ1) is 14.8. The van der Waals surface area contributed by atoms with Gasteiger partial charge >= 0.3 is 0 Å². The molecule has 0 radical (unpaired) electrons. The third kappa shape index (κ3) is 5.12. The molecule has 0 aliphatic rings. The Morgan fingerprint density at radius 2 is 1.70 bits per heavy atom. The number of nitrogens with one attached hydrogen (secondary N) is 1. The van der Waals surface area contributed by atoms with Gasteiger partial charge in [-0.05, 0) is 36.2 Å². The van der Waals surface area contributed by atoms with Crippen molar-refractivity contribution >= 4 is 23.4 Å². The molecule has 1 amide bonds. The molecule has 0 spiro atoms. The molecule has 0 saturated heterocycles. The van der Waals surface area contributed by atoms with E-state index in [2.05, 4.69) is 37.2 Å². The summed E-state index contributed by atoms with van der Waals surface area (Å²) in [5.74, 6) is 0.933. The molecule has 30 heavy (non-hydrogen) atoms. The Morgan fingerprint density at radius 3 is 2.43 bits per heavy atom. The van der Waals surface area contributed by atoms with Gasteiger partial charge in [0.05, 0.1) is 5.75 Å². The lowest BCUT2D eigenvalue weighted by Crippen LogP contribution is -2.14. The van der Waals surface area contributed by atoms with Crippen LogP contribution in [0.3, 0.4) is 0 Å². The van der Waals surface area contributed by atoms with Crippen LogP contribution in [0, 0.1) is 0 Å². The molecule has 1 N–H and O–H groups in total. The maximum Gasteiger partial charge on any atom is 0.234 e.